The van der Waals surface area contributed by atoms with E-state index in [0.717, 1.165) is 29.5 Å². The number of benzene rings is 2. The fraction of sp³-hybridized carbons (Fsp3) is 0.429. The van der Waals surface area contributed by atoms with Crippen LogP contribution < -0.4 is 14.2 Å². The van der Waals surface area contributed by atoms with E-state index < -0.39 is 0 Å². The van der Waals surface area contributed by atoms with Crippen molar-refractivity contribution in [2.24, 2.45) is 0 Å². The first-order valence-corrected chi connectivity index (χ1v) is 8.90. The molecule has 2 aliphatic rings. The van der Waals surface area contributed by atoms with Gasteiger partial charge in [-0.1, -0.05) is 0 Å². The minimum absolute atomic E-state index is 0.201. The lowest BCUT2D eigenvalue weighted by Gasteiger charge is -2.43. The van der Waals surface area contributed by atoms with Gasteiger partial charge in [0.1, 0.15) is 0 Å². The number of phenols is 1. The second-order valence-electron chi connectivity index (χ2n) is 7.18. The zero-order valence-electron chi connectivity index (χ0n) is 15.9. The lowest BCUT2D eigenvalue weighted by atomic mass is 9.75. The van der Waals surface area contributed by atoms with Crippen LogP contribution in [0.3, 0.4) is 0 Å². The molecule has 0 spiro atoms. The molecule has 1 aliphatic heterocycles. The Morgan fingerprint density at radius 2 is 1.54 bits per heavy atom. The summed E-state index contributed by atoms with van der Waals surface area (Å²) in [7, 11) is 7.04. The van der Waals surface area contributed by atoms with E-state index in [0.29, 0.717) is 23.3 Å². The van der Waals surface area contributed by atoms with E-state index >= 15 is 0 Å². The van der Waals surface area contributed by atoms with Crippen LogP contribution in [0.2, 0.25) is 0 Å². The molecule has 1 heterocycles. The van der Waals surface area contributed by atoms with Gasteiger partial charge in [-0.3, -0.25) is 4.90 Å². The Labute approximate surface area is 154 Å². The van der Waals surface area contributed by atoms with E-state index in [2.05, 4.69) is 18.9 Å². The van der Waals surface area contributed by atoms with E-state index in [9.17, 15) is 5.11 Å². The van der Waals surface area contributed by atoms with Gasteiger partial charge in [0.15, 0.2) is 23.0 Å². The number of hydrogen-bond donors (Lipinski definition) is 1. The normalized spacial score (nSPS) is 21.0. The Kier molecular flexibility index (Phi) is 3.99. The minimum atomic E-state index is 0.201. The van der Waals surface area contributed by atoms with E-state index in [1.807, 2.05) is 18.2 Å². The van der Waals surface area contributed by atoms with E-state index in [1.54, 1.807) is 21.3 Å². The maximum atomic E-state index is 11.0. The van der Waals surface area contributed by atoms with E-state index in [1.165, 1.54) is 11.1 Å². The zero-order chi connectivity index (χ0) is 18.6. The Balaban J connectivity index is 2.05. The molecule has 1 N–H and O–H groups in total. The van der Waals surface area contributed by atoms with Crippen LogP contribution in [0.25, 0.3) is 11.1 Å². The maximum absolute atomic E-state index is 11.0. The highest BCUT2D eigenvalue weighted by atomic mass is 16.5. The molecule has 2 aromatic carbocycles. The highest BCUT2D eigenvalue weighted by molar-refractivity contribution is 5.84. The SMILES string of the molecule is COc1cc2c(cc1OC)-c1c(O)c(OC)cc3c1C(C2)N(C)C(C)C3. The number of fused-ring (bicyclic) bond motifs is 2. The van der Waals surface area contributed by atoms with Crippen LogP contribution >= 0.6 is 0 Å². The van der Waals surface area contributed by atoms with Crippen molar-refractivity contribution in [2.45, 2.75) is 31.8 Å². The van der Waals surface area contributed by atoms with Gasteiger partial charge in [-0.25, -0.2) is 0 Å². The molecule has 2 atom stereocenters. The molecular weight excluding hydrogens is 330 g/mol. The van der Waals surface area contributed by atoms with Gasteiger partial charge in [0.25, 0.3) is 0 Å². The topological polar surface area (TPSA) is 51.2 Å². The van der Waals surface area contributed by atoms with Crippen LogP contribution in [0.1, 0.15) is 29.7 Å². The first-order chi connectivity index (χ1) is 12.5. The van der Waals surface area contributed by atoms with Crippen molar-refractivity contribution in [1.82, 2.24) is 4.90 Å². The van der Waals surface area contributed by atoms with Crippen LogP contribution in [-0.2, 0) is 12.8 Å². The number of aromatic hydroxyl groups is 1. The summed E-state index contributed by atoms with van der Waals surface area (Å²) in [5.41, 5.74) is 5.48. The molecule has 26 heavy (non-hydrogen) atoms. The van der Waals surface area contributed by atoms with Gasteiger partial charge < -0.3 is 19.3 Å². The fourth-order valence-corrected chi connectivity index (χ4v) is 4.44. The Morgan fingerprint density at radius 3 is 2.19 bits per heavy atom. The van der Waals surface area contributed by atoms with Gasteiger partial charge >= 0.3 is 0 Å². The molecule has 2 aromatic rings. The van der Waals surface area contributed by atoms with Crippen molar-refractivity contribution in [3.63, 3.8) is 0 Å². The van der Waals surface area contributed by atoms with Crippen molar-refractivity contribution < 1.29 is 19.3 Å². The van der Waals surface area contributed by atoms with Crippen molar-refractivity contribution in [3.8, 4) is 34.1 Å². The Morgan fingerprint density at radius 1 is 0.923 bits per heavy atom. The van der Waals surface area contributed by atoms with Crippen molar-refractivity contribution in [2.75, 3.05) is 28.4 Å². The number of nitrogens with zero attached hydrogens (tertiary/aromatic N) is 1. The number of ether oxygens (including phenoxy) is 3. The quantitative estimate of drug-likeness (QED) is 0.912. The van der Waals surface area contributed by atoms with Gasteiger partial charge in [-0.2, -0.15) is 0 Å². The highest BCUT2D eigenvalue weighted by Gasteiger charge is 2.38. The molecule has 0 radical (unpaired) electrons. The number of likely N-dealkylation sites (N-methyl/N-ethyl adjacent to an activating group) is 1. The summed E-state index contributed by atoms with van der Waals surface area (Å²) in [5, 5.41) is 11.0. The Bertz CT molecular complexity index is 877. The highest BCUT2D eigenvalue weighted by Crippen LogP contribution is 2.54. The zero-order valence-corrected chi connectivity index (χ0v) is 15.9. The molecule has 5 heteroatoms. The molecular formula is C21H25NO4. The van der Waals surface area contributed by atoms with Crippen LogP contribution in [0.15, 0.2) is 18.2 Å². The molecule has 0 saturated carbocycles. The molecule has 0 saturated heterocycles. The molecule has 0 amide bonds. The lowest BCUT2D eigenvalue weighted by Crippen LogP contribution is -2.41. The van der Waals surface area contributed by atoms with Crippen molar-refractivity contribution >= 4 is 0 Å². The van der Waals surface area contributed by atoms with E-state index in [-0.39, 0.29) is 11.8 Å². The average Bonchev–Trinajstić information content (AvgIpc) is 2.66. The van der Waals surface area contributed by atoms with Gasteiger partial charge in [0.2, 0.25) is 0 Å². The fourth-order valence-electron chi connectivity index (χ4n) is 4.44. The lowest BCUT2D eigenvalue weighted by molar-refractivity contribution is 0.164. The first-order valence-electron chi connectivity index (χ1n) is 8.90. The van der Waals surface area contributed by atoms with Crippen molar-refractivity contribution in [3.05, 3.63) is 34.9 Å². The summed E-state index contributed by atoms with van der Waals surface area (Å²) in [5.74, 6) is 2.10. The molecule has 138 valence electrons. The molecule has 5 nitrogen and oxygen atoms in total. The van der Waals surface area contributed by atoms with Crippen LogP contribution in [-0.4, -0.2) is 44.4 Å². The molecule has 1 aliphatic carbocycles. The van der Waals surface area contributed by atoms with Gasteiger partial charge in [-0.15, -0.1) is 0 Å². The maximum Gasteiger partial charge on any atom is 0.166 e. The Hall–Kier alpha value is -2.40. The number of methoxy groups -OCH3 is 3. The number of rotatable bonds is 3. The van der Waals surface area contributed by atoms with Crippen molar-refractivity contribution in [1.29, 1.82) is 0 Å². The molecule has 2 unspecified atom stereocenters. The number of hydrogen-bond acceptors (Lipinski definition) is 5. The largest absolute Gasteiger partial charge is 0.504 e. The third-order valence-corrected chi connectivity index (χ3v) is 5.94. The average molecular weight is 355 g/mol. The summed E-state index contributed by atoms with van der Waals surface area (Å²) in [6.45, 7) is 2.24. The van der Waals surface area contributed by atoms with Crippen LogP contribution in [0, 0.1) is 0 Å². The third kappa shape index (κ3) is 2.27. The second-order valence-corrected chi connectivity index (χ2v) is 7.18. The predicted molar refractivity (Wildman–Crippen MR) is 101 cm³/mol. The van der Waals surface area contributed by atoms with Gasteiger partial charge in [0.05, 0.1) is 21.3 Å². The van der Waals surface area contributed by atoms with Gasteiger partial charge in [-0.05, 0) is 67.3 Å². The smallest absolute Gasteiger partial charge is 0.166 e. The summed E-state index contributed by atoms with van der Waals surface area (Å²) in [6.07, 6.45) is 1.82. The summed E-state index contributed by atoms with van der Waals surface area (Å²) in [6, 6.07) is 6.65. The summed E-state index contributed by atoms with van der Waals surface area (Å²) in [4.78, 5) is 2.40. The molecule has 4 rings (SSSR count). The molecule has 0 aromatic heterocycles. The second kappa shape index (κ2) is 6.09. The molecule has 0 fully saturated rings. The molecule has 0 bridgehead atoms. The number of phenolic OH excluding ortho intramolecular Hbond substituents is 1. The monoisotopic (exact) mass is 355 g/mol. The standard InChI is InChI=1S/C21H25NO4/c1-11-6-13-9-18(26-5)21(23)20-14-10-17(25-4)16(24-3)8-12(14)7-15(19(13)20)22(11)2/h8-11,15,23H,6-7H2,1-5H3. The first kappa shape index (κ1) is 17.0. The predicted octanol–water partition coefficient (Wildman–Crippen LogP) is 3.56. The third-order valence-electron chi connectivity index (χ3n) is 5.94. The van der Waals surface area contributed by atoms with Gasteiger partial charge in [0, 0.05) is 17.6 Å². The van der Waals surface area contributed by atoms with Crippen LogP contribution in [0.5, 0.6) is 23.0 Å². The van der Waals surface area contributed by atoms with E-state index in [4.69, 9.17) is 14.2 Å². The summed E-state index contributed by atoms with van der Waals surface area (Å²) >= 11 is 0. The van der Waals surface area contributed by atoms with Crippen LogP contribution in [0.4, 0.5) is 0 Å². The summed E-state index contributed by atoms with van der Waals surface area (Å²) < 4.78 is 16.5. The minimum Gasteiger partial charge on any atom is -0.504 e.